The Bertz CT molecular complexity index is 376. The summed E-state index contributed by atoms with van der Waals surface area (Å²) in [6.45, 7) is 2.09. The zero-order chi connectivity index (χ0) is 11.5. The number of halogens is 1. The van der Waals surface area contributed by atoms with Gasteiger partial charge < -0.3 is 15.2 Å². The summed E-state index contributed by atoms with van der Waals surface area (Å²) in [7, 11) is 1.56. The van der Waals surface area contributed by atoms with E-state index in [1.54, 1.807) is 7.11 Å². The van der Waals surface area contributed by atoms with Crippen molar-refractivity contribution in [2.75, 3.05) is 20.2 Å². The predicted octanol–water partition coefficient (Wildman–Crippen LogP) is 2.63. The molecule has 1 aromatic rings. The van der Waals surface area contributed by atoms with Gasteiger partial charge in [0.05, 0.1) is 7.11 Å². The molecule has 1 saturated heterocycles. The van der Waals surface area contributed by atoms with Crippen LogP contribution in [0.5, 0.6) is 11.5 Å². The van der Waals surface area contributed by atoms with E-state index in [1.165, 1.54) is 5.56 Å². The molecule has 1 heterocycles. The molecule has 0 spiro atoms. The molecule has 0 atom stereocenters. The zero-order valence-corrected chi connectivity index (χ0v) is 10.9. The van der Waals surface area contributed by atoms with Crippen LogP contribution in [0, 0.1) is 0 Å². The third kappa shape index (κ3) is 2.33. The summed E-state index contributed by atoms with van der Waals surface area (Å²) in [5.74, 6) is 1.26. The third-order valence-corrected chi connectivity index (χ3v) is 3.76. The lowest BCUT2D eigenvalue weighted by molar-refractivity contribution is 0.371. The van der Waals surface area contributed by atoms with E-state index in [-0.39, 0.29) is 5.75 Å². The molecule has 1 aliphatic rings. The molecule has 1 aliphatic heterocycles. The van der Waals surface area contributed by atoms with Gasteiger partial charge in [0, 0.05) is 4.47 Å². The van der Waals surface area contributed by atoms with Gasteiger partial charge in [-0.2, -0.15) is 0 Å². The lowest BCUT2D eigenvalue weighted by Gasteiger charge is -2.24. The average molecular weight is 286 g/mol. The van der Waals surface area contributed by atoms with Crippen LogP contribution in [0.3, 0.4) is 0 Å². The lowest BCUT2D eigenvalue weighted by atomic mass is 9.90. The number of piperidine rings is 1. The summed E-state index contributed by atoms with van der Waals surface area (Å²) in [5.41, 5.74) is 1.18. The molecule has 2 N–H and O–H groups in total. The van der Waals surface area contributed by atoms with Gasteiger partial charge in [-0.15, -0.1) is 0 Å². The second kappa shape index (κ2) is 5.06. The highest BCUT2D eigenvalue weighted by atomic mass is 79.9. The molecule has 0 unspecified atom stereocenters. The number of hydrogen-bond donors (Lipinski definition) is 2. The van der Waals surface area contributed by atoms with E-state index in [0.29, 0.717) is 11.7 Å². The van der Waals surface area contributed by atoms with Gasteiger partial charge in [0.25, 0.3) is 0 Å². The molecule has 0 bridgehead atoms. The number of phenolic OH excluding ortho intramolecular Hbond substituents is 1. The highest BCUT2D eigenvalue weighted by Gasteiger charge is 2.19. The molecule has 0 amide bonds. The molecule has 88 valence electrons. The van der Waals surface area contributed by atoms with Crippen LogP contribution in [-0.4, -0.2) is 25.3 Å². The van der Waals surface area contributed by atoms with Crippen molar-refractivity contribution < 1.29 is 9.84 Å². The smallest absolute Gasteiger partial charge is 0.161 e. The molecule has 2 rings (SSSR count). The van der Waals surface area contributed by atoms with Gasteiger partial charge in [-0.1, -0.05) is 15.9 Å². The largest absolute Gasteiger partial charge is 0.504 e. The Morgan fingerprint density at radius 2 is 2.06 bits per heavy atom. The van der Waals surface area contributed by atoms with E-state index in [2.05, 4.69) is 21.2 Å². The number of hydrogen-bond acceptors (Lipinski definition) is 3. The van der Waals surface area contributed by atoms with Gasteiger partial charge >= 0.3 is 0 Å². The minimum Gasteiger partial charge on any atom is -0.504 e. The van der Waals surface area contributed by atoms with Crippen molar-refractivity contribution in [2.45, 2.75) is 18.8 Å². The van der Waals surface area contributed by atoms with Gasteiger partial charge in [-0.3, -0.25) is 0 Å². The summed E-state index contributed by atoms with van der Waals surface area (Å²) >= 11 is 3.55. The molecular weight excluding hydrogens is 270 g/mol. The maximum absolute atomic E-state index is 9.78. The second-order valence-corrected chi connectivity index (χ2v) is 4.92. The van der Waals surface area contributed by atoms with Crippen LogP contribution in [0.2, 0.25) is 0 Å². The van der Waals surface area contributed by atoms with E-state index >= 15 is 0 Å². The summed E-state index contributed by atoms with van der Waals surface area (Å²) < 4.78 is 6.10. The van der Waals surface area contributed by atoms with E-state index in [1.807, 2.05) is 12.1 Å². The number of methoxy groups -OCH3 is 1. The van der Waals surface area contributed by atoms with Crippen molar-refractivity contribution in [1.82, 2.24) is 5.32 Å². The summed E-state index contributed by atoms with van der Waals surface area (Å²) in [4.78, 5) is 0. The standard InChI is InChI=1S/C12H16BrNO2/c1-16-12-7-10(13)9(6-11(12)15)8-2-4-14-5-3-8/h6-8,14-15H,2-5H2,1H3. The Balaban J connectivity index is 2.29. The number of rotatable bonds is 2. The minimum atomic E-state index is 0.222. The summed E-state index contributed by atoms with van der Waals surface area (Å²) in [5, 5.41) is 13.1. The predicted molar refractivity (Wildman–Crippen MR) is 67.2 cm³/mol. The van der Waals surface area contributed by atoms with Gasteiger partial charge in [0.1, 0.15) is 0 Å². The van der Waals surface area contributed by atoms with Crippen LogP contribution < -0.4 is 10.1 Å². The number of nitrogens with one attached hydrogen (secondary N) is 1. The molecular formula is C12H16BrNO2. The maximum atomic E-state index is 9.78. The van der Waals surface area contributed by atoms with Gasteiger partial charge in [-0.25, -0.2) is 0 Å². The van der Waals surface area contributed by atoms with Gasteiger partial charge in [0.15, 0.2) is 11.5 Å². The first-order valence-corrected chi connectivity index (χ1v) is 6.28. The van der Waals surface area contributed by atoms with Crippen LogP contribution in [0.15, 0.2) is 16.6 Å². The number of ether oxygens (including phenoxy) is 1. The number of benzene rings is 1. The molecule has 16 heavy (non-hydrogen) atoms. The fourth-order valence-electron chi connectivity index (χ4n) is 2.17. The highest BCUT2D eigenvalue weighted by molar-refractivity contribution is 9.10. The van der Waals surface area contributed by atoms with Crippen LogP contribution in [0.25, 0.3) is 0 Å². The van der Waals surface area contributed by atoms with Crippen LogP contribution in [0.4, 0.5) is 0 Å². The molecule has 0 saturated carbocycles. The first-order chi connectivity index (χ1) is 7.72. The van der Waals surface area contributed by atoms with Crippen LogP contribution >= 0.6 is 15.9 Å². The molecule has 4 heteroatoms. The molecule has 1 aromatic carbocycles. The van der Waals surface area contributed by atoms with Crippen molar-refractivity contribution in [1.29, 1.82) is 0 Å². The maximum Gasteiger partial charge on any atom is 0.161 e. The van der Waals surface area contributed by atoms with Crippen LogP contribution in [-0.2, 0) is 0 Å². The van der Waals surface area contributed by atoms with E-state index in [9.17, 15) is 5.11 Å². The van der Waals surface area contributed by atoms with E-state index in [4.69, 9.17) is 4.74 Å². The SMILES string of the molecule is COc1cc(Br)c(C2CCNCC2)cc1O. The Kier molecular flexibility index (Phi) is 3.71. The van der Waals surface area contributed by atoms with Crippen molar-refractivity contribution in [3.63, 3.8) is 0 Å². The molecule has 0 radical (unpaired) electrons. The minimum absolute atomic E-state index is 0.222. The zero-order valence-electron chi connectivity index (χ0n) is 9.29. The Morgan fingerprint density at radius 1 is 1.38 bits per heavy atom. The topological polar surface area (TPSA) is 41.5 Å². The Morgan fingerprint density at radius 3 is 2.69 bits per heavy atom. The first-order valence-electron chi connectivity index (χ1n) is 5.49. The average Bonchev–Trinajstić information content (AvgIpc) is 2.32. The van der Waals surface area contributed by atoms with Crippen molar-refractivity contribution >= 4 is 15.9 Å². The highest BCUT2D eigenvalue weighted by Crippen LogP contribution is 2.38. The van der Waals surface area contributed by atoms with E-state index < -0.39 is 0 Å². The fourth-order valence-corrected chi connectivity index (χ4v) is 2.82. The normalized spacial score (nSPS) is 17.4. The summed E-state index contributed by atoms with van der Waals surface area (Å²) in [6, 6.07) is 3.66. The fraction of sp³-hybridized carbons (Fsp3) is 0.500. The number of aromatic hydroxyl groups is 1. The molecule has 3 nitrogen and oxygen atoms in total. The molecule has 0 aliphatic carbocycles. The molecule has 1 fully saturated rings. The van der Waals surface area contributed by atoms with Crippen molar-refractivity contribution in [3.8, 4) is 11.5 Å². The van der Waals surface area contributed by atoms with E-state index in [0.717, 1.165) is 30.4 Å². The van der Waals surface area contributed by atoms with Gasteiger partial charge in [-0.05, 0) is 49.5 Å². The van der Waals surface area contributed by atoms with Gasteiger partial charge in [0.2, 0.25) is 0 Å². The monoisotopic (exact) mass is 285 g/mol. The Hall–Kier alpha value is -0.740. The van der Waals surface area contributed by atoms with Crippen molar-refractivity contribution in [3.05, 3.63) is 22.2 Å². The quantitative estimate of drug-likeness (QED) is 0.878. The lowest BCUT2D eigenvalue weighted by Crippen LogP contribution is -2.26. The molecule has 0 aromatic heterocycles. The van der Waals surface area contributed by atoms with Crippen LogP contribution in [0.1, 0.15) is 24.3 Å². The second-order valence-electron chi connectivity index (χ2n) is 4.07. The number of phenols is 1. The third-order valence-electron chi connectivity index (χ3n) is 3.08. The Labute approximate surface area is 104 Å². The first kappa shape index (κ1) is 11.7. The summed E-state index contributed by atoms with van der Waals surface area (Å²) in [6.07, 6.45) is 2.23. The van der Waals surface area contributed by atoms with Crippen molar-refractivity contribution in [2.24, 2.45) is 0 Å².